The zero-order chi connectivity index (χ0) is 10.3. The molecule has 0 aliphatic carbocycles. The van der Waals surface area contributed by atoms with Crippen LogP contribution in [0.4, 0.5) is 0 Å². The smallest absolute Gasteiger partial charge is 0.0484 e. The fraction of sp³-hybridized carbons (Fsp3) is 1.00. The van der Waals surface area contributed by atoms with E-state index < -0.39 is 0 Å². The van der Waals surface area contributed by atoms with Crippen LogP contribution in [0, 0.1) is 11.3 Å². The van der Waals surface area contributed by atoms with Crippen LogP contribution in [0.25, 0.3) is 0 Å². The fourth-order valence-corrected chi connectivity index (χ4v) is 2.12. The van der Waals surface area contributed by atoms with Gasteiger partial charge in [0.25, 0.3) is 0 Å². The van der Waals surface area contributed by atoms with Crippen molar-refractivity contribution in [3.05, 3.63) is 0 Å². The fourth-order valence-electron chi connectivity index (χ4n) is 2.12. The van der Waals surface area contributed by atoms with Gasteiger partial charge < -0.3 is 5.11 Å². The van der Waals surface area contributed by atoms with Gasteiger partial charge in [-0.05, 0) is 24.2 Å². The number of hydrogen-bond donors (Lipinski definition) is 1. The van der Waals surface area contributed by atoms with E-state index in [-0.39, 0.29) is 5.41 Å². The predicted molar refractivity (Wildman–Crippen MR) is 58.8 cm³/mol. The first-order valence-electron chi connectivity index (χ1n) is 5.72. The summed E-state index contributed by atoms with van der Waals surface area (Å²) in [6.45, 7) is 9.25. The van der Waals surface area contributed by atoms with Crippen molar-refractivity contribution >= 4 is 0 Å². The lowest BCUT2D eigenvalue weighted by atomic mass is 9.77. The van der Waals surface area contributed by atoms with Gasteiger partial charge in [-0.25, -0.2) is 0 Å². The molecule has 80 valence electrons. The first kappa shape index (κ1) is 13.0. The van der Waals surface area contributed by atoms with Crippen LogP contribution in [0.3, 0.4) is 0 Å². The highest BCUT2D eigenvalue weighted by atomic mass is 16.3. The van der Waals surface area contributed by atoms with E-state index in [1.165, 1.54) is 25.7 Å². The minimum Gasteiger partial charge on any atom is -0.396 e. The van der Waals surface area contributed by atoms with E-state index in [1.54, 1.807) is 0 Å². The summed E-state index contributed by atoms with van der Waals surface area (Å²) in [5.41, 5.74) is 0.172. The second-order valence-electron chi connectivity index (χ2n) is 4.61. The van der Waals surface area contributed by atoms with E-state index in [2.05, 4.69) is 27.7 Å². The lowest BCUT2D eigenvalue weighted by Gasteiger charge is -2.30. The standard InChI is InChI=1S/C12H26O/c1-5-8-12(4,10-13)9-11(6-2)7-3/h11,13H,5-10H2,1-4H3. The lowest BCUT2D eigenvalue weighted by Crippen LogP contribution is -2.24. The third-order valence-electron chi connectivity index (χ3n) is 3.17. The van der Waals surface area contributed by atoms with Gasteiger partial charge in [-0.2, -0.15) is 0 Å². The topological polar surface area (TPSA) is 20.2 Å². The lowest BCUT2D eigenvalue weighted by molar-refractivity contribution is 0.100. The molecule has 1 unspecified atom stereocenters. The molecule has 0 aliphatic heterocycles. The van der Waals surface area contributed by atoms with Gasteiger partial charge in [0.2, 0.25) is 0 Å². The van der Waals surface area contributed by atoms with Crippen LogP contribution < -0.4 is 0 Å². The second kappa shape index (κ2) is 6.42. The Balaban J connectivity index is 4.07. The van der Waals surface area contributed by atoms with Gasteiger partial charge in [-0.3, -0.25) is 0 Å². The molecular formula is C12H26O. The van der Waals surface area contributed by atoms with E-state index in [0.717, 1.165) is 12.3 Å². The highest BCUT2D eigenvalue weighted by molar-refractivity contribution is 4.76. The molecule has 0 rings (SSSR count). The summed E-state index contributed by atoms with van der Waals surface area (Å²) in [5, 5.41) is 9.36. The van der Waals surface area contributed by atoms with Crippen molar-refractivity contribution in [3.8, 4) is 0 Å². The maximum absolute atomic E-state index is 9.36. The van der Waals surface area contributed by atoms with Gasteiger partial charge >= 0.3 is 0 Å². The molecule has 0 saturated heterocycles. The summed E-state index contributed by atoms with van der Waals surface area (Å²) in [7, 11) is 0. The zero-order valence-electron chi connectivity index (χ0n) is 9.77. The summed E-state index contributed by atoms with van der Waals surface area (Å²) in [4.78, 5) is 0. The molecule has 0 spiro atoms. The molecule has 1 nitrogen and oxygen atoms in total. The average Bonchev–Trinajstić information content (AvgIpc) is 2.15. The van der Waals surface area contributed by atoms with Crippen LogP contribution >= 0.6 is 0 Å². The van der Waals surface area contributed by atoms with Crippen molar-refractivity contribution in [3.63, 3.8) is 0 Å². The number of rotatable bonds is 7. The first-order chi connectivity index (χ1) is 6.11. The molecule has 0 amide bonds. The van der Waals surface area contributed by atoms with Gasteiger partial charge in [-0.15, -0.1) is 0 Å². The van der Waals surface area contributed by atoms with Crippen LogP contribution in [-0.2, 0) is 0 Å². The molecule has 0 aromatic carbocycles. The Kier molecular flexibility index (Phi) is 6.40. The molecule has 13 heavy (non-hydrogen) atoms. The molecule has 1 heteroatoms. The molecule has 0 aromatic heterocycles. The van der Waals surface area contributed by atoms with Gasteiger partial charge in [0.15, 0.2) is 0 Å². The summed E-state index contributed by atoms with van der Waals surface area (Å²) in [6.07, 6.45) is 6.01. The van der Waals surface area contributed by atoms with E-state index in [4.69, 9.17) is 0 Å². The number of hydrogen-bond acceptors (Lipinski definition) is 1. The maximum Gasteiger partial charge on any atom is 0.0484 e. The van der Waals surface area contributed by atoms with Crippen molar-refractivity contribution in [2.45, 2.75) is 59.8 Å². The summed E-state index contributed by atoms with van der Waals surface area (Å²) in [5.74, 6) is 0.795. The van der Waals surface area contributed by atoms with Gasteiger partial charge in [0, 0.05) is 6.61 Å². The Morgan fingerprint density at radius 2 is 1.69 bits per heavy atom. The Hall–Kier alpha value is -0.0400. The number of aliphatic hydroxyl groups excluding tert-OH is 1. The van der Waals surface area contributed by atoms with Crippen LogP contribution in [0.5, 0.6) is 0 Å². The summed E-state index contributed by atoms with van der Waals surface area (Å²) in [6, 6.07) is 0. The number of aliphatic hydroxyl groups is 1. The van der Waals surface area contributed by atoms with Crippen molar-refractivity contribution in [2.24, 2.45) is 11.3 Å². The van der Waals surface area contributed by atoms with Crippen LogP contribution in [0.15, 0.2) is 0 Å². The monoisotopic (exact) mass is 186 g/mol. The maximum atomic E-state index is 9.36. The van der Waals surface area contributed by atoms with Gasteiger partial charge in [0.1, 0.15) is 0 Å². The quantitative estimate of drug-likeness (QED) is 0.644. The molecule has 0 saturated carbocycles. The molecule has 1 N–H and O–H groups in total. The van der Waals surface area contributed by atoms with Crippen molar-refractivity contribution in [2.75, 3.05) is 6.61 Å². The molecule has 0 fully saturated rings. The Bertz CT molecular complexity index is 118. The molecule has 0 aromatic rings. The van der Waals surface area contributed by atoms with Gasteiger partial charge in [-0.1, -0.05) is 47.0 Å². The van der Waals surface area contributed by atoms with E-state index >= 15 is 0 Å². The predicted octanol–water partition coefficient (Wildman–Crippen LogP) is 3.61. The highest BCUT2D eigenvalue weighted by Gasteiger charge is 2.25. The molecule has 0 radical (unpaired) electrons. The Labute approximate surface area is 83.5 Å². The molecule has 1 atom stereocenters. The van der Waals surface area contributed by atoms with Crippen LogP contribution in [0.2, 0.25) is 0 Å². The van der Waals surface area contributed by atoms with E-state index in [9.17, 15) is 5.11 Å². The van der Waals surface area contributed by atoms with Crippen LogP contribution in [0.1, 0.15) is 59.8 Å². The molecule has 0 heterocycles. The molecule has 0 bridgehead atoms. The molecule has 0 aliphatic rings. The van der Waals surface area contributed by atoms with E-state index in [1.807, 2.05) is 0 Å². The third kappa shape index (κ3) is 4.66. The minimum atomic E-state index is 0.172. The van der Waals surface area contributed by atoms with Crippen molar-refractivity contribution in [1.29, 1.82) is 0 Å². The SMILES string of the molecule is CCCC(C)(CO)CC(CC)CC. The first-order valence-corrected chi connectivity index (χ1v) is 5.72. The van der Waals surface area contributed by atoms with Gasteiger partial charge in [0.05, 0.1) is 0 Å². The third-order valence-corrected chi connectivity index (χ3v) is 3.17. The Morgan fingerprint density at radius 3 is 2.00 bits per heavy atom. The summed E-state index contributed by atoms with van der Waals surface area (Å²) >= 11 is 0. The zero-order valence-corrected chi connectivity index (χ0v) is 9.77. The summed E-state index contributed by atoms with van der Waals surface area (Å²) < 4.78 is 0. The van der Waals surface area contributed by atoms with Crippen molar-refractivity contribution in [1.82, 2.24) is 0 Å². The highest BCUT2D eigenvalue weighted by Crippen LogP contribution is 2.33. The molecular weight excluding hydrogens is 160 g/mol. The minimum absolute atomic E-state index is 0.172. The average molecular weight is 186 g/mol. The normalized spacial score (nSPS) is 16.2. The van der Waals surface area contributed by atoms with Crippen LogP contribution in [-0.4, -0.2) is 11.7 Å². The Morgan fingerprint density at radius 1 is 1.15 bits per heavy atom. The second-order valence-corrected chi connectivity index (χ2v) is 4.61. The largest absolute Gasteiger partial charge is 0.396 e. The van der Waals surface area contributed by atoms with E-state index in [0.29, 0.717) is 6.61 Å². The van der Waals surface area contributed by atoms with Crippen molar-refractivity contribution < 1.29 is 5.11 Å².